The predicted molar refractivity (Wildman–Crippen MR) is 84.6 cm³/mol. The van der Waals surface area contributed by atoms with Crippen molar-refractivity contribution in [2.75, 3.05) is 40.5 Å². The van der Waals surface area contributed by atoms with Gasteiger partial charge in [0.25, 0.3) is 0 Å². The van der Waals surface area contributed by atoms with Gasteiger partial charge in [-0.1, -0.05) is 0 Å². The molecule has 0 spiro atoms. The van der Waals surface area contributed by atoms with Crippen molar-refractivity contribution in [2.45, 2.75) is 23.8 Å². The van der Waals surface area contributed by atoms with Crippen LogP contribution in [-0.4, -0.2) is 59.2 Å². The maximum atomic E-state index is 13.6. The van der Waals surface area contributed by atoms with E-state index in [0.717, 1.165) is 18.9 Å². The fraction of sp³-hybridized carbons (Fsp3) is 0.600. The molecule has 23 heavy (non-hydrogen) atoms. The molecule has 130 valence electrons. The smallest absolute Gasteiger partial charge is 0.246 e. The van der Waals surface area contributed by atoms with Crippen molar-refractivity contribution in [1.82, 2.24) is 9.62 Å². The molecule has 0 aromatic heterocycles. The molecule has 1 saturated heterocycles. The summed E-state index contributed by atoms with van der Waals surface area (Å²) < 4.78 is 51.1. The minimum absolute atomic E-state index is 0.102. The molecule has 1 atom stereocenters. The first-order valence-electron chi connectivity index (χ1n) is 7.57. The number of benzene rings is 1. The molecule has 8 heteroatoms. The Balaban J connectivity index is 2.28. The van der Waals surface area contributed by atoms with Gasteiger partial charge in [-0.25, -0.2) is 12.8 Å². The van der Waals surface area contributed by atoms with Crippen LogP contribution in [0.4, 0.5) is 4.39 Å². The highest BCUT2D eigenvalue weighted by Gasteiger charge is 2.32. The molecule has 2 rings (SSSR count). The number of halogens is 1. The van der Waals surface area contributed by atoms with Gasteiger partial charge >= 0.3 is 0 Å². The third kappa shape index (κ3) is 4.41. The lowest BCUT2D eigenvalue weighted by Gasteiger charge is -2.32. The Labute approximate surface area is 136 Å². The van der Waals surface area contributed by atoms with Crippen LogP contribution in [0.1, 0.15) is 12.8 Å². The van der Waals surface area contributed by atoms with Gasteiger partial charge in [0.05, 0.1) is 6.61 Å². The largest absolute Gasteiger partial charge is 0.490 e. The van der Waals surface area contributed by atoms with E-state index in [1.165, 1.54) is 23.5 Å². The van der Waals surface area contributed by atoms with Gasteiger partial charge in [-0.15, -0.1) is 0 Å². The van der Waals surface area contributed by atoms with E-state index in [1.807, 2.05) is 7.05 Å². The highest BCUT2D eigenvalue weighted by Crippen LogP contribution is 2.29. The number of nitrogens with one attached hydrogen (secondary N) is 1. The topological polar surface area (TPSA) is 67.9 Å². The molecule has 6 nitrogen and oxygen atoms in total. The maximum absolute atomic E-state index is 13.6. The molecular formula is C15H23FN2O4S. The molecule has 1 heterocycles. The van der Waals surface area contributed by atoms with Crippen LogP contribution in [0.15, 0.2) is 23.1 Å². The molecule has 0 aliphatic carbocycles. The minimum Gasteiger partial charge on any atom is -0.490 e. The standard InChI is InChI=1S/C15H23FN2O4S/c1-17-13-4-3-7-18(11-13)23(19,20)15-10-12(16)5-6-14(15)22-9-8-21-2/h5-6,10,13,17H,3-4,7-9,11H2,1-2H3. The summed E-state index contributed by atoms with van der Waals surface area (Å²) in [6, 6.07) is 3.65. The lowest BCUT2D eigenvalue weighted by Crippen LogP contribution is -2.46. The zero-order valence-corrected chi connectivity index (χ0v) is 14.2. The molecule has 1 N–H and O–H groups in total. The Kier molecular flexibility index (Phi) is 6.34. The second-order valence-electron chi connectivity index (χ2n) is 5.42. The van der Waals surface area contributed by atoms with Crippen LogP contribution in [0, 0.1) is 5.82 Å². The molecule has 1 aliphatic heterocycles. The molecule has 1 fully saturated rings. The average molecular weight is 346 g/mol. The van der Waals surface area contributed by atoms with Crippen molar-refractivity contribution < 1.29 is 22.3 Å². The van der Waals surface area contributed by atoms with E-state index in [2.05, 4.69) is 5.32 Å². The second-order valence-corrected chi connectivity index (χ2v) is 7.33. The first-order valence-corrected chi connectivity index (χ1v) is 9.01. The SMILES string of the molecule is CNC1CCCN(S(=O)(=O)c2cc(F)ccc2OCCOC)C1. The van der Waals surface area contributed by atoms with E-state index in [0.29, 0.717) is 19.7 Å². The molecule has 1 aromatic rings. The van der Waals surface area contributed by atoms with Gasteiger partial charge in [0.15, 0.2) is 0 Å². The number of sulfonamides is 1. The first-order chi connectivity index (χ1) is 11.0. The highest BCUT2D eigenvalue weighted by molar-refractivity contribution is 7.89. The summed E-state index contributed by atoms with van der Waals surface area (Å²) in [7, 11) is -0.475. The Morgan fingerprint density at radius 3 is 2.87 bits per heavy atom. The molecule has 1 aromatic carbocycles. The molecule has 0 radical (unpaired) electrons. The number of rotatable bonds is 7. The Morgan fingerprint density at radius 1 is 1.39 bits per heavy atom. The van der Waals surface area contributed by atoms with Crippen molar-refractivity contribution in [2.24, 2.45) is 0 Å². The fourth-order valence-corrected chi connectivity index (χ4v) is 4.24. The zero-order valence-electron chi connectivity index (χ0n) is 13.4. The number of nitrogens with zero attached hydrogens (tertiary/aromatic N) is 1. The van der Waals surface area contributed by atoms with E-state index >= 15 is 0 Å². The van der Waals surface area contributed by atoms with Gasteiger partial charge in [0.2, 0.25) is 10.0 Å². The number of ether oxygens (including phenoxy) is 2. The van der Waals surface area contributed by atoms with E-state index < -0.39 is 15.8 Å². The molecule has 1 aliphatic rings. The van der Waals surface area contributed by atoms with E-state index in [4.69, 9.17) is 9.47 Å². The Hall–Kier alpha value is -1.22. The van der Waals surface area contributed by atoms with Crippen LogP contribution in [0.5, 0.6) is 5.75 Å². The van der Waals surface area contributed by atoms with Gasteiger partial charge in [-0.3, -0.25) is 0 Å². The van der Waals surface area contributed by atoms with Crippen LogP contribution < -0.4 is 10.1 Å². The third-order valence-corrected chi connectivity index (χ3v) is 5.75. The predicted octanol–water partition coefficient (Wildman–Crippen LogP) is 1.22. The van der Waals surface area contributed by atoms with Gasteiger partial charge in [0, 0.05) is 26.2 Å². The number of methoxy groups -OCH3 is 1. The lowest BCUT2D eigenvalue weighted by molar-refractivity contribution is 0.144. The summed E-state index contributed by atoms with van der Waals surface area (Å²) in [4.78, 5) is -0.134. The lowest BCUT2D eigenvalue weighted by atomic mass is 10.1. The van der Waals surface area contributed by atoms with Crippen LogP contribution in [-0.2, 0) is 14.8 Å². The first kappa shape index (κ1) is 18.1. The van der Waals surface area contributed by atoms with E-state index in [9.17, 15) is 12.8 Å². The molecule has 0 amide bonds. The minimum atomic E-state index is -3.81. The molecular weight excluding hydrogens is 323 g/mol. The van der Waals surface area contributed by atoms with Crippen LogP contribution in [0.2, 0.25) is 0 Å². The highest BCUT2D eigenvalue weighted by atomic mass is 32.2. The fourth-order valence-electron chi connectivity index (χ4n) is 2.57. The Bertz CT molecular complexity index is 624. The average Bonchev–Trinajstić information content (AvgIpc) is 2.56. The normalized spacial score (nSPS) is 19.7. The van der Waals surface area contributed by atoms with Crippen molar-refractivity contribution in [3.63, 3.8) is 0 Å². The number of piperidine rings is 1. The monoisotopic (exact) mass is 346 g/mol. The van der Waals surface area contributed by atoms with Crippen molar-refractivity contribution in [3.05, 3.63) is 24.0 Å². The van der Waals surface area contributed by atoms with E-state index in [-0.39, 0.29) is 23.3 Å². The van der Waals surface area contributed by atoms with E-state index in [1.54, 1.807) is 0 Å². The summed E-state index contributed by atoms with van der Waals surface area (Å²) in [5.41, 5.74) is 0. The maximum Gasteiger partial charge on any atom is 0.246 e. The Morgan fingerprint density at radius 2 is 2.17 bits per heavy atom. The zero-order chi connectivity index (χ0) is 16.9. The summed E-state index contributed by atoms with van der Waals surface area (Å²) in [5, 5.41) is 3.10. The molecule has 1 unspecified atom stereocenters. The number of hydrogen-bond donors (Lipinski definition) is 1. The van der Waals surface area contributed by atoms with Crippen LogP contribution in [0.25, 0.3) is 0 Å². The summed E-state index contributed by atoms with van der Waals surface area (Å²) >= 11 is 0. The van der Waals surface area contributed by atoms with Crippen molar-refractivity contribution in [1.29, 1.82) is 0 Å². The number of hydrogen-bond acceptors (Lipinski definition) is 5. The molecule has 0 bridgehead atoms. The number of likely N-dealkylation sites (N-methyl/N-ethyl adjacent to an activating group) is 1. The van der Waals surface area contributed by atoms with Crippen molar-refractivity contribution >= 4 is 10.0 Å². The van der Waals surface area contributed by atoms with Gasteiger partial charge in [-0.2, -0.15) is 4.31 Å². The van der Waals surface area contributed by atoms with Crippen LogP contribution >= 0.6 is 0 Å². The molecule has 0 saturated carbocycles. The van der Waals surface area contributed by atoms with Crippen molar-refractivity contribution in [3.8, 4) is 5.75 Å². The summed E-state index contributed by atoms with van der Waals surface area (Å²) in [5.74, 6) is -0.458. The second kappa shape index (κ2) is 8.05. The summed E-state index contributed by atoms with van der Waals surface area (Å²) in [6.45, 7) is 1.31. The summed E-state index contributed by atoms with van der Waals surface area (Å²) in [6.07, 6.45) is 1.68. The van der Waals surface area contributed by atoms with Gasteiger partial charge in [0.1, 0.15) is 23.1 Å². The quantitative estimate of drug-likeness (QED) is 0.752. The van der Waals surface area contributed by atoms with Crippen LogP contribution in [0.3, 0.4) is 0 Å². The van der Waals surface area contributed by atoms with Gasteiger partial charge in [-0.05, 0) is 38.1 Å². The third-order valence-electron chi connectivity index (χ3n) is 3.86. The van der Waals surface area contributed by atoms with Gasteiger partial charge < -0.3 is 14.8 Å².